The predicted molar refractivity (Wildman–Crippen MR) is 56.7 cm³/mol. The average molecular weight is 220 g/mol. The highest BCUT2D eigenvalue weighted by molar-refractivity contribution is 5.89. The molecule has 2 atom stereocenters. The lowest BCUT2D eigenvalue weighted by atomic mass is 10.2. The lowest BCUT2D eigenvalue weighted by Gasteiger charge is -2.23. The van der Waals surface area contributed by atoms with Crippen LogP contribution < -0.4 is 0 Å². The Morgan fingerprint density at radius 3 is 2.81 bits per heavy atom. The average Bonchev–Trinajstić information content (AvgIpc) is 2.33. The van der Waals surface area contributed by atoms with Crippen LogP contribution in [0.2, 0.25) is 0 Å². The third-order valence-electron chi connectivity index (χ3n) is 2.28. The van der Waals surface area contributed by atoms with Gasteiger partial charge in [0.25, 0.3) is 0 Å². The number of rotatable bonds is 2. The molecule has 1 heterocycles. The molecule has 0 fully saturated rings. The fraction of sp³-hybridized carbons (Fsp3) is 0.250. The maximum absolute atomic E-state index is 11.6. The van der Waals surface area contributed by atoms with Gasteiger partial charge in [0.2, 0.25) is 0 Å². The molecule has 0 saturated heterocycles. The molecule has 0 aromatic heterocycles. The van der Waals surface area contributed by atoms with Crippen LogP contribution in [-0.4, -0.2) is 29.9 Å². The maximum Gasteiger partial charge on any atom is 0.338 e. The van der Waals surface area contributed by atoms with Crippen LogP contribution in [-0.2, 0) is 9.47 Å². The van der Waals surface area contributed by atoms with Crippen LogP contribution in [0.3, 0.4) is 0 Å². The van der Waals surface area contributed by atoms with E-state index in [1.165, 1.54) is 12.3 Å². The molecule has 1 aliphatic heterocycles. The molecule has 1 N–H and O–H groups in total. The lowest BCUT2D eigenvalue weighted by Crippen LogP contribution is -2.36. The molecule has 0 unspecified atom stereocenters. The van der Waals surface area contributed by atoms with E-state index in [4.69, 9.17) is 9.47 Å². The standard InChI is InChI=1S/C12H12O4/c13-10-6-7-15-8-11(10)16-12(14)9-4-2-1-3-5-9/h1-7,10-11,13H,8H2/t10-,11-/m1/s1. The minimum atomic E-state index is -0.804. The first-order valence-electron chi connectivity index (χ1n) is 5.00. The molecule has 4 heteroatoms. The SMILES string of the molecule is O=C(O[C@@H]1COC=C[C@H]1O)c1ccccc1. The van der Waals surface area contributed by atoms with E-state index in [2.05, 4.69) is 0 Å². The first-order chi connectivity index (χ1) is 7.77. The molecule has 84 valence electrons. The number of carbonyl (C=O) groups excluding carboxylic acids is 1. The summed E-state index contributed by atoms with van der Waals surface area (Å²) in [6.07, 6.45) is 1.41. The van der Waals surface area contributed by atoms with Crippen molar-refractivity contribution in [2.75, 3.05) is 6.61 Å². The number of aliphatic hydroxyl groups excluding tert-OH is 1. The van der Waals surface area contributed by atoms with Gasteiger partial charge in [0.1, 0.15) is 12.7 Å². The summed E-state index contributed by atoms with van der Waals surface area (Å²) in [7, 11) is 0. The number of carbonyl (C=O) groups is 1. The Morgan fingerprint density at radius 1 is 1.38 bits per heavy atom. The molecule has 0 radical (unpaired) electrons. The first-order valence-corrected chi connectivity index (χ1v) is 5.00. The summed E-state index contributed by atoms with van der Waals surface area (Å²) in [5.41, 5.74) is 0.462. The summed E-state index contributed by atoms with van der Waals surface area (Å²) in [5.74, 6) is -0.455. The number of hydrogen-bond donors (Lipinski definition) is 1. The highest BCUT2D eigenvalue weighted by Gasteiger charge is 2.25. The van der Waals surface area contributed by atoms with Gasteiger partial charge in [-0.1, -0.05) is 18.2 Å². The van der Waals surface area contributed by atoms with Crippen molar-refractivity contribution in [3.05, 3.63) is 48.2 Å². The Hall–Kier alpha value is -1.81. The van der Waals surface area contributed by atoms with E-state index in [-0.39, 0.29) is 6.61 Å². The third-order valence-corrected chi connectivity index (χ3v) is 2.28. The molecule has 0 aliphatic carbocycles. The Kier molecular flexibility index (Phi) is 3.22. The number of esters is 1. The summed E-state index contributed by atoms with van der Waals surface area (Å²) in [5, 5.41) is 9.52. The van der Waals surface area contributed by atoms with Crippen LogP contribution in [0.4, 0.5) is 0 Å². The highest BCUT2D eigenvalue weighted by atomic mass is 16.6. The molecule has 0 amide bonds. The van der Waals surface area contributed by atoms with Gasteiger partial charge in [0.15, 0.2) is 6.10 Å². The molecule has 0 saturated carbocycles. The molecule has 16 heavy (non-hydrogen) atoms. The van der Waals surface area contributed by atoms with Crippen LogP contribution in [0.15, 0.2) is 42.7 Å². The molecular weight excluding hydrogens is 208 g/mol. The Balaban J connectivity index is 2.00. The van der Waals surface area contributed by atoms with E-state index in [1.807, 2.05) is 6.07 Å². The smallest absolute Gasteiger partial charge is 0.338 e. The van der Waals surface area contributed by atoms with Crippen LogP contribution in [0.25, 0.3) is 0 Å². The number of hydrogen-bond acceptors (Lipinski definition) is 4. The fourth-order valence-electron chi connectivity index (χ4n) is 1.39. The minimum absolute atomic E-state index is 0.177. The van der Waals surface area contributed by atoms with Gasteiger partial charge in [0, 0.05) is 0 Å². The van der Waals surface area contributed by atoms with E-state index in [9.17, 15) is 9.90 Å². The van der Waals surface area contributed by atoms with Crippen molar-refractivity contribution in [1.82, 2.24) is 0 Å². The monoisotopic (exact) mass is 220 g/mol. The molecule has 1 aliphatic rings. The molecule has 0 bridgehead atoms. The van der Waals surface area contributed by atoms with Crippen molar-refractivity contribution >= 4 is 5.97 Å². The van der Waals surface area contributed by atoms with Gasteiger partial charge in [0.05, 0.1) is 11.8 Å². The predicted octanol–water partition coefficient (Wildman–Crippen LogP) is 1.12. The normalized spacial score (nSPS) is 23.6. The summed E-state index contributed by atoms with van der Waals surface area (Å²) >= 11 is 0. The van der Waals surface area contributed by atoms with Crippen LogP contribution in [0.5, 0.6) is 0 Å². The summed E-state index contributed by atoms with van der Waals surface area (Å²) in [6.45, 7) is 0.177. The van der Waals surface area contributed by atoms with E-state index < -0.39 is 18.2 Å². The molecule has 1 aromatic carbocycles. The lowest BCUT2D eigenvalue weighted by molar-refractivity contribution is -0.0375. The Morgan fingerprint density at radius 2 is 2.12 bits per heavy atom. The Bertz CT molecular complexity index is 385. The number of ether oxygens (including phenoxy) is 2. The zero-order valence-electron chi connectivity index (χ0n) is 8.58. The molecular formula is C12H12O4. The largest absolute Gasteiger partial charge is 0.497 e. The van der Waals surface area contributed by atoms with E-state index in [0.29, 0.717) is 5.56 Å². The first kappa shape index (κ1) is 10.7. The van der Waals surface area contributed by atoms with Gasteiger partial charge in [-0.05, 0) is 18.2 Å². The second-order valence-electron chi connectivity index (χ2n) is 3.46. The van der Waals surface area contributed by atoms with Crippen molar-refractivity contribution in [3.8, 4) is 0 Å². The van der Waals surface area contributed by atoms with Crippen molar-refractivity contribution in [3.63, 3.8) is 0 Å². The van der Waals surface area contributed by atoms with Crippen molar-refractivity contribution < 1.29 is 19.4 Å². The zero-order chi connectivity index (χ0) is 11.4. The molecule has 2 rings (SSSR count). The van der Waals surface area contributed by atoms with Gasteiger partial charge in [-0.3, -0.25) is 0 Å². The van der Waals surface area contributed by atoms with Crippen molar-refractivity contribution in [2.24, 2.45) is 0 Å². The number of aliphatic hydroxyl groups is 1. The molecule has 4 nitrogen and oxygen atoms in total. The molecule has 1 aromatic rings. The minimum Gasteiger partial charge on any atom is -0.497 e. The van der Waals surface area contributed by atoms with Crippen molar-refractivity contribution in [1.29, 1.82) is 0 Å². The van der Waals surface area contributed by atoms with E-state index in [0.717, 1.165) is 0 Å². The van der Waals surface area contributed by atoms with E-state index in [1.54, 1.807) is 24.3 Å². The third kappa shape index (κ3) is 2.41. The number of benzene rings is 1. The topological polar surface area (TPSA) is 55.8 Å². The van der Waals surface area contributed by atoms with Gasteiger partial charge in [-0.25, -0.2) is 4.79 Å². The maximum atomic E-state index is 11.6. The van der Waals surface area contributed by atoms with E-state index >= 15 is 0 Å². The Labute approximate surface area is 93.1 Å². The van der Waals surface area contributed by atoms with Crippen molar-refractivity contribution in [2.45, 2.75) is 12.2 Å². The quantitative estimate of drug-likeness (QED) is 0.759. The molecule has 0 spiro atoms. The summed E-state index contributed by atoms with van der Waals surface area (Å²) < 4.78 is 10.1. The highest BCUT2D eigenvalue weighted by Crippen LogP contribution is 2.11. The van der Waals surface area contributed by atoms with Gasteiger partial charge >= 0.3 is 5.97 Å². The van der Waals surface area contributed by atoms with Crippen LogP contribution >= 0.6 is 0 Å². The van der Waals surface area contributed by atoms with Gasteiger partial charge < -0.3 is 14.6 Å². The second-order valence-corrected chi connectivity index (χ2v) is 3.46. The van der Waals surface area contributed by atoms with Gasteiger partial charge in [-0.2, -0.15) is 0 Å². The van der Waals surface area contributed by atoms with Gasteiger partial charge in [-0.15, -0.1) is 0 Å². The summed E-state index contributed by atoms with van der Waals surface area (Å²) in [4.78, 5) is 11.6. The zero-order valence-corrected chi connectivity index (χ0v) is 8.58. The second kappa shape index (κ2) is 4.81. The van der Waals surface area contributed by atoms with Crippen LogP contribution in [0, 0.1) is 0 Å². The summed E-state index contributed by atoms with van der Waals surface area (Å²) in [6, 6.07) is 8.65. The van der Waals surface area contributed by atoms with Crippen LogP contribution in [0.1, 0.15) is 10.4 Å². The fourth-order valence-corrected chi connectivity index (χ4v) is 1.39.